The maximum absolute atomic E-state index is 8.88. The molecule has 1 aromatic rings. The third kappa shape index (κ3) is 2.69. The number of hydrogen-bond acceptors (Lipinski definition) is 4. The number of nitrogens with one attached hydrogen (secondary N) is 1. The highest BCUT2D eigenvalue weighted by Gasteiger charge is 2.16. The van der Waals surface area contributed by atoms with Gasteiger partial charge in [0.25, 0.3) is 0 Å². The first-order valence-electron chi connectivity index (χ1n) is 5.88. The van der Waals surface area contributed by atoms with Gasteiger partial charge in [0.05, 0.1) is 23.0 Å². The molecule has 0 radical (unpaired) electrons. The van der Waals surface area contributed by atoms with Crippen LogP contribution in [-0.4, -0.2) is 45.2 Å². The van der Waals surface area contributed by atoms with Crippen molar-refractivity contribution in [1.29, 1.82) is 5.26 Å². The molecule has 0 saturated heterocycles. The lowest BCUT2D eigenvalue weighted by atomic mass is 10.1. The molecule has 4 nitrogen and oxygen atoms in total. The second-order valence-corrected chi connectivity index (χ2v) is 4.56. The number of benzene rings is 1. The number of rotatable bonds is 3. The van der Waals surface area contributed by atoms with Gasteiger partial charge in [0.15, 0.2) is 0 Å². The van der Waals surface area contributed by atoms with Gasteiger partial charge in [0.1, 0.15) is 0 Å². The molecule has 0 bridgehead atoms. The van der Waals surface area contributed by atoms with Crippen LogP contribution in [0.2, 0.25) is 0 Å². The van der Waals surface area contributed by atoms with Crippen molar-refractivity contribution in [3.8, 4) is 6.07 Å². The monoisotopic (exact) mass is 230 g/mol. The van der Waals surface area contributed by atoms with E-state index in [1.54, 1.807) is 0 Å². The van der Waals surface area contributed by atoms with Crippen molar-refractivity contribution in [1.82, 2.24) is 4.90 Å². The molecule has 1 aliphatic heterocycles. The second kappa shape index (κ2) is 5.07. The van der Waals surface area contributed by atoms with Crippen molar-refractivity contribution in [3.05, 3.63) is 23.8 Å². The summed E-state index contributed by atoms with van der Waals surface area (Å²) < 4.78 is 0. The minimum Gasteiger partial charge on any atom is -0.382 e. The number of anilines is 2. The minimum absolute atomic E-state index is 0.714. The molecule has 0 fully saturated rings. The van der Waals surface area contributed by atoms with Crippen LogP contribution in [0, 0.1) is 11.3 Å². The number of hydrogen-bond donors (Lipinski definition) is 1. The maximum Gasteiger partial charge on any atom is 0.0992 e. The van der Waals surface area contributed by atoms with Gasteiger partial charge in [-0.3, -0.25) is 0 Å². The van der Waals surface area contributed by atoms with E-state index < -0.39 is 0 Å². The van der Waals surface area contributed by atoms with E-state index in [9.17, 15) is 0 Å². The molecule has 0 atom stereocenters. The standard InChI is InChI=1S/C13H18N4/c1-16(2)7-8-17-6-5-15-12-9-11(10-14)3-4-13(12)17/h3-4,9,15H,5-8H2,1-2H3. The zero-order valence-corrected chi connectivity index (χ0v) is 10.4. The molecule has 17 heavy (non-hydrogen) atoms. The first kappa shape index (κ1) is 11.7. The van der Waals surface area contributed by atoms with Crippen LogP contribution in [-0.2, 0) is 0 Å². The van der Waals surface area contributed by atoms with Gasteiger partial charge < -0.3 is 15.1 Å². The van der Waals surface area contributed by atoms with Gasteiger partial charge in [-0.25, -0.2) is 0 Å². The van der Waals surface area contributed by atoms with Gasteiger partial charge in [-0.05, 0) is 32.3 Å². The Morgan fingerprint density at radius 1 is 1.47 bits per heavy atom. The van der Waals surface area contributed by atoms with Gasteiger partial charge in [0, 0.05) is 26.2 Å². The molecular formula is C13H18N4. The van der Waals surface area contributed by atoms with Gasteiger partial charge in [-0.2, -0.15) is 5.26 Å². The van der Waals surface area contributed by atoms with E-state index in [0.29, 0.717) is 5.56 Å². The van der Waals surface area contributed by atoms with E-state index >= 15 is 0 Å². The van der Waals surface area contributed by atoms with Gasteiger partial charge in [-0.15, -0.1) is 0 Å². The summed E-state index contributed by atoms with van der Waals surface area (Å²) >= 11 is 0. The summed E-state index contributed by atoms with van der Waals surface area (Å²) in [5.74, 6) is 0. The van der Waals surface area contributed by atoms with E-state index in [1.165, 1.54) is 5.69 Å². The van der Waals surface area contributed by atoms with E-state index in [4.69, 9.17) is 5.26 Å². The minimum atomic E-state index is 0.714. The second-order valence-electron chi connectivity index (χ2n) is 4.56. The third-order valence-electron chi connectivity index (χ3n) is 2.98. The first-order chi connectivity index (χ1) is 8.20. The molecule has 90 valence electrons. The predicted octanol–water partition coefficient (Wildman–Crippen LogP) is 1.35. The molecule has 1 aromatic carbocycles. The Morgan fingerprint density at radius 2 is 2.29 bits per heavy atom. The third-order valence-corrected chi connectivity index (χ3v) is 2.98. The van der Waals surface area contributed by atoms with Crippen molar-refractivity contribution < 1.29 is 0 Å². The van der Waals surface area contributed by atoms with Crippen LogP contribution >= 0.6 is 0 Å². The number of nitrogens with zero attached hydrogens (tertiary/aromatic N) is 3. The van der Waals surface area contributed by atoms with Crippen LogP contribution in [0.25, 0.3) is 0 Å². The maximum atomic E-state index is 8.88. The Hall–Kier alpha value is -1.73. The summed E-state index contributed by atoms with van der Waals surface area (Å²) in [5.41, 5.74) is 3.00. The lowest BCUT2D eigenvalue weighted by Gasteiger charge is -2.33. The largest absolute Gasteiger partial charge is 0.382 e. The fourth-order valence-electron chi connectivity index (χ4n) is 2.02. The molecule has 0 aliphatic carbocycles. The molecule has 2 rings (SSSR count). The molecule has 1 heterocycles. The van der Waals surface area contributed by atoms with Crippen LogP contribution in [0.1, 0.15) is 5.56 Å². The molecule has 0 unspecified atom stereocenters. The quantitative estimate of drug-likeness (QED) is 0.851. The lowest BCUT2D eigenvalue weighted by Crippen LogP contribution is -2.38. The summed E-state index contributed by atoms with van der Waals surface area (Å²) in [4.78, 5) is 4.55. The molecule has 4 heteroatoms. The molecule has 0 amide bonds. The highest BCUT2D eigenvalue weighted by Crippen LogP contribution is 2.29. The smallest absolute Gasteiger partial charge is 0.0992 e. The van der Waals surface area contributed by atoms with Crippen molar-refractivity contribution >= 4 is 11.4 Å². The molecule has 1 aliphatic rings. The number of nitriles is 1. The fraction of sp³-hybridized carbons (Fsp3) is 0.462. The summed E-state index contributed by atoms with van der Waals surface area (Å²) in [6, 6.07) is 8.02. The highest BCUT2D eigenvalue weighted by atomic mass is 15.2. The van der Waals surface area contributed by atoms with Crippen LogP contribution in [0.5, 0.6) is 0 Å². The van der Waals surface area contributed by atoms with Crippen LogP contribution in [0.3, 0.4) is 0 Å². The topological polar surface area (TPSA) is 42.3 Å². The van der Waals surface area contributed by atoms with Crippen molar-refractivity contribution in [3.63, 3.8) is 0 Å². The van der Waals surface area contributed by atoms with Gasteiger partial charge in [0.2, 0.25) is 0 Å². The van der Waals surface area contributed by atoms with E-state index in [0.717, 1.165) is 31.9 Å². The highest BCUT2D eigenvalue weighted by molar-refractivity contribution is 5.73. The Kier molecular flexibility index (Phi) is 3.50. The molecular weight excluding hydrogens is 212 g/mol. The normalized spacial score (nSPS) is 14.1. The molecule has 0 aromatic heterocycles. The van der Waals surface area contributed by atoms with Gasteiger partial charge in [-0.1, -0.05) is 0 Å². The summed E-state index contributed by atoms with van der Waals surface area (Å²) in [6.45, 7) is 4.02. The Bertz CT molecular complexity index is 434. The Morgan fingerprint density at radius 3 is 3.00 bits per heavy atom. The summed E-state index contributed by atoms with van der Waals surface area (Å²) in [6.07, 6.45) is 0. The Labute approximate surface area is 102 Å². The average Bonchev–Trinajstić information content (AvgIpc) is 2.35. The van der Waals surface area contributed by atoms with E-state index in [1.807, 2.05) is 18.2 Å². The van der Waals surface area contributed by atoms with Crippen LogP contribution in [0.15, 0.2) is 18.2 Å². The van der Waals surface area contributed by atoms with Crippen molar-refractivity contribution in [2.45, 2.75) is 0 Å². The fourth-order valence-corrected chi connectivity index (χ4v) is 2.02. The van der Waals surface area contributed by atoms with Gasteiger partial charge >= 0.3 is 0 Å². The van der Waals surface area contributed by atoms with Crippen molar-refractivity contribution in [2.75, 3.05) is 50.5 Å². The summed E-state index contributed by atoms with van der Waals surface area (Å²) in [7, 11) is 4.17. The number of likely N-dealkylation sites (N-methyl/N-ethyl adjacent to an activating group) is 1. The van der Waals surface area contributed by atoms with Crippen LogP contribution in [0.4, 0.5) is 11.4 Å². The average molecular weight is 230 g/mol. The zero-order valence-electron chi connectivity index (χ0n) is 10.4. The molecule has 0 saturated carbocycles. The molecule has 0 spiro atoms. The number of fused-ring (bicyclic) bond motifs is 1. The predicted molar refractivity (Wildman–Crippen MR) is 70.4 cm³/mol. The van der Waals surface area contributed by atoms with Crippen LogP contribution < -0.4 is 10.2 Å². The van der Waals surface area contributed by atoms with E-state index in [2.05, 4.69) is 35.3 Å². The SMILES string of the molecule is CN(C)CCN1CCNc2cc(C#N)ccc21. The summed E-state index contributed by atoms with van der Waals surface area (Å²) in [5, 5.41) is 12.2. The Balaban J connectivity index is 2.17. The van der Waals surface area contributed by atoms with Crippen molar-refractivity contribution in [2.24, 2.45) is 0 Å². The zero-order chi connectivity index (χ0) is 12.3. The van der Waals surface area contributed by atoms with E-state index in [-0.39, 0.29) is 0 Å². The first-order valence-corrected chi connectivity index (χ1v) is 5.88. The molecule has 1 N–H and O–H groups in total. The lowest BCUT2D eigenvalue weighted by molar-refractivity contribution is 0.413.